The maximum absolute atomic E-state index is 14.2. The van der Waals surface area contributed by atoms with Crippen molar-refractivity contribution in [3.8, 4) is 0 Å². The lowest BCUT2D eigenvalue weighted by Gasteiger charge is -2.15. The molecule has 8 heteroatoms. The largest absolute Gasteiger partial charge is 0.343 e. The normalized spacial score (nSPS) is 18.9. The summed E-state index contributed by atoms with van der Waals surface area (Å²) in [5.41, 5.74) is 1.45. The summed E-state index contributed by atoms with van der Waals surface area (Å²) < 4.78 is 44.1. The number of imidazole rings is 1. The van der Waals surface area contributed by atoms with Crippen LogP contribution in [0.1, 0.15) is 42.1 Å². The summed E-state index contributed by atoms with van der Waals surface area (Å²) in [6.07, 6.45) is 3.32. The number of halogens is 3. The molecule has 1 saturated heterocycles. The Kier molecular flexibility index (Phi) is 4.84. The van der Waals surface area contributed by atoms with Crippen molar-refractivity contribution in [2.45, 2.75) is 44.6 Å². The molecule has 1 atom stereocenters. The van der Waals surface area contributed by atoms with E-state index in [-0.39, 0.29) is 11.5 Å². The molecule has 0 saturated carbocycles. The molecular weight excluding hydrogens is 375 g/mol. The molecule has 0 unspecified atom stereocenters. The van der Waals surface area contributed by atoms with Gasteiger partial charge in [-0.1, -0.05) is 0 Å². The molecule has 1 amide bonds. The first kappa shape index (κ1) is 18.3. The maximum Gasteiger partial charge on any atom is 0.222 e. The average Bonchev–Trinajstić information content (AvgIpc) is 3.36. The zero-order valence-electron chi connectivity index (χ0n) is 14.7. The van der Waals surface area contributed by atoms with Gasteiger partial charge in [-0.3, -0.25) is 4.79 Å². The van der Waals surface area contributed by atoms with Gasteiger partial charge in [0.25, 0.3) is 0 Å². The lowest BCUT2D eigenvalue weighted by Crippen LogP contribution is -2.27. The Morgan fingerprint density at radius 2 is 1.89 bits per heavy atom. The van der Waals surface area contributed by atoms with E-state index in [1.165, 1.54) is 0 Å². The first-order valence-corrected chi connectivity index (χ1v) is 9.58. The first-order valence-electron chi connectivity index (χ1n) is 9.17. The third-order valence-electron chi connectivity index (χ3n) is 5.56. The number of likely N-dealkylation sites (tertiary alicyclic amines) is 1. The molecule has 3 heterocycles. The van der Waals surface area contributed by atoms with Crippen molar-refractivity contribution in [2.75, 3.05) is 13.1 Å². The zero-order chi connectivity index (χ0) is 19.1. The van der Waals surface area contributed by atoms with Crippen LogP contribution < -0.4 is 0 Å². The quantitative estimate of drug-likeness (QED) is 0.631. The molecule has 2 aliphatic heterocycles. The number of benzene rings is 1. The number of H-pyrrole nitrogens is 1. The fourth-order valence-corrected chi connectivity index (χ4v) is 4.48. The molecule has 2 aliphatic rings. The van der Waals surface area contributed by atoms with Crippen LogP contribution >= 0.6 is 12.2 Å². The Balaban J connectivity index is 1.53. The summed E-state index contributed by atoms with van der Waals surface area (Å²) in [4.78, 5) is 17.3. The number of carbonyl (C=O) groups excluding carboxylic acids is 1. The van der Waals surface area contributed by atoms with Gasteiger partial charge in [-0.15, -0.1) is 0 Å². The standard InChI is InChI=1S/C19H20F3N3OS/c20-12-3-4-13(21)18(22)17(12)11-9-15-14(23-19(27)25(15)10-11)5-6-16(26)24-7-1-2-8-24/h3-4,11H,1-2,5-10H2,(H,23,27)/t11-/m0/s1. The number of rotatable bonds is 4. The minimum absolute atomic E-state index is 0.114. The molecule has 4 nitrogen and oxygen atoms in total. The molecule has 0 spiro atoms. The summed E-state index contributed by atoms with van der Waals surface area (Å²) in [6.45, 7) is 1.91. The van der Waals surface area contributed by atoms with E-state index >= 15 is 0 Å². The molecule has 1 N–H and O–H groups in total. The van der Waals surface area contributed by atoms with E-state index < -0.39 is 23.4 Å². The van der Waals surface area contributed by atoms with Crippen molar-refractivity contribution in [1.29, 1.82) is 0 Å². The van der Waals surface area contributed by atoms with Gasteiger partial charge in [0.05, 0.1) is 0 Å². The molecule has 144 valence electrons. The van der Waals surface area contributed by atoms with Gasteiger partial charge in [0.1, 0.15) is 5.82 Å². The van der Waals surface area contributed by atoms with Crippen LogP contribution in [0.5, 0.6) is 0 Å². The number of hydrogen-bond acceptors (Lipinski definition) is 2. The van der Waals surface area contributed by atoms with E-state index in [0.29, 0.717) is 30.6 Å². The second kappa shape index (κ2) is 7.14. The van der Waals surface area contributed by atoms with Crippen LogP contribution in [-0.4, -0.2) is 33.4 Å². The second-order valence-corrected chi connectivity index (χ2v) is 7.60. The number of nitrogens with zero attached hydrogens (tertiary/aromatic N) is 2. The highest BCUT2D eigenvalue weighted by Gasteiger charge is 2.32. The van der Waals surface area contributed by atoms with Crippen LogP contribution in [0.2, 0.25) is 0 Å². The second-order valence-electron chi connectivity index (χ2n) is 7.21. The van der Waals surface area contributed by atoms with Gasteiger partial charge in [-0.25, -0.2) is 13.2 Å². The number of aromatic nitrogens is 2. The Morgan fingerprint density at radius 1 is 1.19 bits per heavy atom. The third kappa shape index (κ3) is 3.31. The Morgan fingerprint density at radius 3 is 2.63 bits per heavy atom. The topological polar surface area (TPSA) is 41.0 Å². The van der Waals surface area contributed by atoms with E-state index in [2.05, 4.69) is 4.98 Å². The first-order chi connectivity index (χ1) is 13.0. The van der Waals surface area contributed by atoms with Crippen molar-refractivity contribution >= 4 is 18.1 Å². The summed E-state index contributed by atoms with van der Waals surface area (Å²) in [5.74, 6) is -3.33. The maximum atomic E-state index is 14.2. The molecule has 1 aromatic heterocycles. The van der Waals surface area contributed by atoms with Crippen LogP contribution in [0.3, 0.4) is 0 Å². The molecule has 0 radical (unpaired) electrons. The van der Waals surface area contributed by atoms with Crippen molar-refractivity contribution in [1.82, 2.24) is 14.5 Å². The number of nitrogens with one attached hydrogen (secondary N) is 1. The smallest absolute Gasteiger partial charge is 0.222 e. The number of amides is 1. The van der Waals surface area contributed by atoms with E-state index in [1.54, 1.807) is 4.57 Å². The molecular formula is C19H20F3N3OS. The summed E-state index contributed by atoms with van der Waals surface area (Å²) in [6, 6.07) is 1.75. The number of aryl methyl sites for hydroxylation is 1. The van der Waals surface area contributed by atoms with Gasteiger partial charge < -0.3 is 14.5 Å². The highest BCUT2D eigenvalue weighted by Crippen LogP contribution is 2.35. The van der Waals surface area contributed by atoms with E-state index in [9.17, 15) is 18.0 Å². The zero-order valence-corrected chi connectivity index (χ0v) is 15.6. The highest BCUT2D eigenvalue weighted by molar-refractivity contribution is 7.71. The molecule has 1 aromatic carbocycles. The van der Waals surface area contributed by atoms with Gasteiger partial charge in [0, 0.05) is 48.9 Å². The van der Waals surface area contributed by atoms with Crippen molar-refractivity contribution < 1.29 is 18.0 Å². The number of hydrogen-bond donors (Lipinski definition) is 1. The summed E-state index contributed by atoms with van der Waals surface area (Å²) >= 11 is 5.33. The van der Waals surface area contributed by atoms with Crippen LogP contribution in [0, 0.1) is 22.2 Å². The monoisotopic (exact) mass is 395 g/mol. The Bertz CT molecular complexity index is 946. The molecule has 1 fully saturated rings. The highest BCUT2D eigenvalue weighted by atomic mass is 32.1. The predicted octanol–water partition coefficient (Wildman–Crippen LogP) is 3.86. The summed E-state index contributed by atoms with van der Waals surface area (Å²) in [7, 11) is 0. The average molecular weight is 395 g/mol. The lowest BCUT2D eigenvalue weighted by molar-refractivity contribution is -0.130. The number of aromatic amines is 1. The van der Waals surface area contributed by atoms with Crippen LogP contribution in [0.4, 0.5) is 13.2 Å². The number of fused-ring (bicyclic) bond motifs is 1. The lowest BCUT2D eigenvalue weighted by atomic mass is 9.95. The van der Waals surface area contributed by atoms with E-state index in [4.69, 9.17) is 12.2 Å². The fraction of sp³-hybridized carbons (Fsp3) is 0.474. The van der Waals surface area contributed by atoms with Crippen molar-refractivity contribution in [2.24, 2.45) is 0 Å². The van der Waals surface area contributed by atoms with E-state index in [0.717, 1.165) is 49.5 Å². The van der Waals surface area contributed by atoms with Crippen molar-refractivity contribution in [3.05, 3.63) is 51.3 Å². The van der Waals surface area contributed by atoms with Crippen LogP contribution in [0.15, 0.2) is 12.1 Å². The predicted molar refractivity (Wildman–Crippen MR) is 96.5 cm³/mol. The minimum Gasteiger partial charge on any atom is -0.343 e. The minimum atomic E-state index is -1.13. The molecule has 4 rings (SSSR count). The molecule has 0 bridgehead atoms. The van der Waals surface area contributed by atoms with Gasteiger partial charge in [-0.05, 0) is 50.0 Å². The van der Waals surface area contributed by atoms with E-state index in [1.807, 2.05) is 4.90 Å². The third-order valence-corrected chi connectivity index (χ3v) is 5.88. The Hall–Kier alpha value is -2.09. The van der Waals surface area contributed by atoms with Crippen LogP contribution in [-0.2, 0) is 24.2 Å². The summed E-state index contributed by atoms with van der Waals surface area (Å²) in [5, 5.41) is 0. The van der Waals surface area contributed by atoms with Gasteiger partial charge in [0.15, 0.2) is 16.4 Å². The fourth-order valence-electron chi connectivity index (χ4n) is 4.17. The Labute approximate surface area is 160 Å². The van der Waals surface area contributed by atoms with Crippen LogP contribution in [0.25, 0.3) is 0 Å². The molecule has 2 aromatic rings. The SMILES string of the molecule is O=C(CCc1[nH]c(=S)n2c1C[C@H](c1c(F)ccc(F)c1F)C2)N1CCCC1. The van der Waals surface area contributed by atoms with Gasteiger partial charge in [0.2, 0.25) is 5.91 Å². The van der Waals surface area contributed by atoms with Gasteiger partial charge in [-0.2, -0.15) is 0 Å². The van der Waals surface area contributed by atoms with Crippen molar-refractivity contribution in [3.63, 3.8) is 0 Å². The van der Waals surface area contributed by atoms with Gasteiger partial charge >= 0.3 is 0 Å². The molecule has 0 aliphatic carbocycles. The number of carbonyl (C=O) groups is 1. The molecule has 27 heavy (non-hydrogen) atoms.